The molecule has 7 nitrogen and oxygen atoms in total. The molecule has 0 atom stereocenters. The Bertz CT molecular complexity index is 1100. The van der Waals surface area contributed by atoms with Gasteiger partial charge >= 0.3 is 0 Å². The molecule has 3 aromatic carbocycles. The van der Waals surface area contributed by atoms with E-state index in [0.29, 0.717) is 25.4 Å². The van der Waals surface area contributed by atoms with Crippen molar-refractivity contribution >= 4 is 5.91 Å². The van der Waals surface area contributed by atoms with Gasteiger partial charge in [-0.3, -0.25) is 4.79 Å². The van der Waals surface area contributed by atoms with Crippen LogP contribution in [0.25, 0.3) is 0 Å². The largest absolute Gasteiger partial charge is 0.489 e. The first-order valence-corrected chi connectivity index (χ1v) is 10.3. The van der Waals surface area contributed by atoms with Crippen molar-refractivity contribution in [2.45, 2.75) is 19.7 Å². The Labute approximate surface area is 186 Å². The highest BCUT2D eigenvalue weighted by Crippen LogP contribution is 2.18. The molecule has 1 heterocycles. The molecule has 0 aliphatic rings. The highest BCUT2D eigenvalue weighted by atomic mass is 16.5. The van der Waals surface area contributed by atoms with Gasteiger partial charge in [-0.1, -0.05) is 54.6 Å². The van der Waals surface area contributed by atoms with Crippen LogP contribution in [0, 0.1) is 0 Å². The number of aromatic nitrogens is 3. The SMILES string of the molecule is O=C(COc1ccc(OCc2ccccc2)cc1)NCc1ccc(Cn2cncn2)cc1. The van der Waals surface area contributed by atoms with E-state index in [-0.39, 0.29) is 12.5 Å². The topological polar surface area (TPSA) is 78.3 Å². The Balaban J connectivity index is 1.17. The van der Waals surface area contributed by atoms with Crippen LogP contribution in [0.3, 0.4) is 0 Å². The Kier molecular flexibility index (Phi) is 7.10. The summed E-state index contributed by atoms with van der Waals surface area (Å²) in [5.41, 5.74) is 3.24. The van der Waals surface area contributed by atoms with Gasteiger partial charge in [-0.15, -0.1) is 0 Å². The van der Waals surface area contributed by atoms with Gasteiger partial charge in [-0.25, -0.2) is 9.67 Å². The number of hydrogen-bond donors (Lipinski definition) is 1. The van der Waals surface area contributed by atoms with Crippen LogP contribution < -0.4 is 14.8 Å². The van der Waals surface area contributed by atoms with Crippen molar-refractivity contribution in [3.05, 3.63) is 108 Å². The molecule has 4 aromatic rings. The first-order chi connectivity index (χ1) is 15.7. The van der Waals surface area contributed by atoms with E-state index >= 15 is 0 Å². The van der Waals surface area contributed by atoms with Crippen molar-refractivity contribution in [1.29, 1.82) is 0 Å². The smallest absolute Gasteiger partial charge is 0.258 e. The molecule has 1 aromatic heterocycles. The monoisotopic (exact) mass is 428 g/mol. The molecule has 0 fully saturated rings. The van der Waals surface area contributed by atoms with Gasteiger partial charge < -0.3 is 14.8 Å². The molecule has 0 spiro atoms. The quantitative estimate of drug-likeness (QED) is 0.418. The number of rotatable bonds is 10. The van der Waals surface area contributed by atoms with Crippen LogP contribution in [0.15, 0.2) is 91.5 Å². The molecule has 0 radical (unpaired) electrons. The Morgan fingerprint density at radius 3 is 2.19 bits per heavy atom. The predicted octanol–water partition coefficient (Wildman–Crippen LogP) is 3.60. The van der Waals surface area contributed by atoms with Gasteiger partial charge in [0.2, 0.25) is 0 Å². The van der Waals surface area contributed by atoms with Gasteiger partial charge in [0.25, 0.3) is 5.91 Å². The molecule has 4 rings (SSSR count). The summed E-state index contributed by atoms with van der Waals surface area (Å²) in [6.45, 7) is 1.56. The van der Waals surface area contributed by atoms with Gasteiger partial charge in [-0.05, 0) is 41.0 Å². The zero-order valence-corrected chi connectivity index (χ0v) is 17.6. The fraction of sp³-hybridized carbons (Fsp3) is 0.160. The second kappa shape index (κ2) is 10.8. The standard InChI is InChI=1S/C25H24N4O3/c30-25(27-14-20-6-8-21(9-7-20)15-29-19-26-18-28-29)17-32-24-12-10-23(11-13-24)31-16-22-4-2-1-3-5-22/h1-13,18-19H,14-17H2,(H,27,30). The van der Waals surface area contributed by atoms with Crippen LogP contribution in [0.2, 0.25) is 0 Å². The van der Waals surface area contributed by atoms with E-state index in [1.54, 1.807) is 23.1 Å². The van der Waals surface area contributed by atoms with Crippen molar-refractivity contribution in [1.82, 2.24) is 20.1 Å². The highest BCUT2D eigenvalue weighted by molar-refractivity contribution is 5.77. The second-order valence-electron chi connectivity index (χ2n) is 7.22. The molecule has 0 bridgehead atoms. The summed E-state index contributed by atoms with van der Waals surface area (Å²) >= 11 is 0. The van der Waals surface area contributed by atoms with Gasteiger partial charge in [-0.2, -0.15) is 5.10 Å². The Morgan fingerprint density at radius 2 is 1.50 bits per heavy atom. The van der Waals surface area contributed by atoms with Crippen LogP contribution in [0.1, 0.15) is 16.7 Å². The lowest BCUT2D eigenvalue weighted by atomic mass is 10.1. The number of benzene rings is 3. The summed E-state index contributed by atoms with van der Waals surface area (Å²) in [7, 11) is 0. The molecular formula is C25H24N4O3. The van der Waals surface area contributed by atoms with E-state index in [1.807, 2.05) is 66.7 Å². The minimum absolute atomic E-state index is 0.0470. The van der Waals surface area contributed by atoms with Crippen molar-refractivity contribution < 1.29 is 14.3 Å². The van der Waals surface area contributed by atoms with Gasteiger partial charge in [0.05, 0.1) is 6.54 Å². The van der Waals surface area contributed by atoms with Crippen molar-refractivity contribution in [3.8, 4) is 11.5 Å². The summed E-state index contributed by atoms with van der Waals surface area (Å²) in [6.07, 6.45) is 3.19. The summed E-state index contributed by atoms with van der Waals surface area (Å²) < 4.78 is 13.1. The number of nitrogens with one attached hydrogen (secondary N) is 1. The molecule has 0 saturated carbocycles. The minimum Gasteiger partial charge on any atom is -0.489 e. The highest BCUT2D eigenvalue weighted by Gasteiger charge is 2.04. The van der Waals surface area contributed by atoms with Crippen LogP contribution >= 0.6 is 0 Å². The van der Waals surface area contributed by atoms with Crippen LogP contribution in [0.5, 0.6) is 11.5 Å². The van der Waals surface area contributed by atoms with E-state index in [4.69, 9.17) is 9.47 Å². The maximum atomic E-state index is 12.1. The van der Waals surface area contributed by atoms with E-state index in [9.17, 15) is 4.79 Å². The van der Waals surface area contributed by atoms with Crippen molar-refractivity contribution in [3.63, 3.8) is 0 Å². The fourth-order valence-electron chi connectivity index (χ4n) is 3.04. The molecule has 32 heavy (non-hydrogen) atoms. The average Bonchev–Trinajstić information content (AvgIpc) is 3.35. The van der Waals surface area contributed by atoms with Crippen molar-refractivity contribution in [2.75, 3.05) is 6.61 Å². The first kappa shape index (κ1) is 21.1. The second-order valence-corrected chi connectivity index (χ2v) is 7.22. The summed E-state index contributed by atoms with van der Waals surface area (Å²) in [5.74, 6) is 1.18. The van der Waals surface area contributed by atoms with Crippen LogP contribution in [-0.4, -0.2) is 27.3 Å². The summed E-state index contributed by atoms with van der Waals surface area (Å²) in [5, 5.41) is 6.96. The first-order valence-electron chi connectivity index (χ1n) is 10.3. The number of ether oxygens (including phenoxy) is 2. The Morgan fingerprint density at radius 1 is 0.812 bits per heavy atom. The number of hydrogen-bond acceptors (Lipinski definition) is 5. The van der Waals surface area contributed by atoms with Crippen LogP contribution in [-0.2, 0) is 24.5 Å². The predicted molar refractivity (Wildman–Crippen MR) is 120 cm³/mol. The molecule has 0 aliphatic heterocycles. The molecular weight excluding hydrogens is 404 g/mol. The lowest BCUT2D eigenvalue weighted by Crippen LogP contribution is -2.28. The van der Waals surface area contributed by atoms with E-state index in [2.05, 4.69) is 15.4 Å². The maximum Gasteiger partial charge on any atom is 0.258 e. The third-order valence-corrected chi connectivity index (χ3v) is 4.77. The third kappa shape index (κ3) is 6.43. The van der Waals surface area contributed by atoms with Gasteiger partial charge in [0.15, 0.2) is 6.61 Å². The lowest BCUT2D eigenvalue weighted by Gasteiger charge is -2.10. The van der Waals surface area contributed by atoms with Gasteiger partial charge in [0.1, 0.15) is 30.8 Å². The summed E-state index contributed by atoms with van der Waals surface area (Å²) in [6, 6.07) is 25.2. The van der Waals surface area contributed by atoms with E-state index < -0.39 is 0 Å². The molecule has 0 saturated heterocycles. The summed E-state index contributed by atoms with van der Waals surface area (Å²) in [4.78, 5) is 16.0. The normalized spacial score (nSPS) is 10.5. The minimum atomic E-state index is -0.180. The number of carbonyl (C=O) groups is 1. The number of carbonyl (C=O) groups excluding carboxylic acids is 1. The number of nitrogens with zero attached hydrogens (tertiary/aromatic N) is 3. The average molecular weight is 428 g/mol. The van der Waals surface area contributed by atoms with Crippen LogP contribution in [0.4, 0.5) is 0 Å². The molecule has 0 aliphatic carbocycles. The maximum absolute atomic E-state index is 12.1. The molecule has 1 amide bonds. The molecule has 1 N–H and O–H groups in total. The zero-order chi connectivity index (χ0) is 22.0. The molecule has 162 valence electrons. The third-order valence-electron chi connectivity index (χ3n) is 4.77. The fourth-order valence-corrected chi connectivity index (χ4v) is 3.04. The zero-order valence-electron chi connectivity index (χ0n) is 17.6. The van der Waals surface area contributed by atoms with E-state index in [0.717, 1.165) is 22.4 Å². The molecule has 7 heteroatoms. The Hall–Kier alpha value is -4.13. The molecule has 0 unspecified atom stereocenters. The number of amides is 1. The lowest BCUT2D eigenvalue weighted by molar-refractivity contribution is -0.123. The van der Waals surface area contributed by atoms with Crippen molar-refractivity contribution in [2.24, 2.45) is 0 Å². The van der Waals surface area contributed by atoms with E-state index in [1.165, 1.54) is 6.33 Å². The van der Waals surface area contributed by atoms with Gasteiger partial charge in [0, 0.05) is 6.54 Å².